The quantitative estimate of drug-likeness (QED) is 0.836. The van der Waals surface area contributed by atoms with Crippen LogP contribution in [0.1, 0.15) is 38.3 Å². The van der Waals surface area contributed by atoms with Crippen LogP contribution < -0.4 is 10.1 Å². The third kappa shape index (κ3) is 5.51. The molecule has 5 heteroatoms. The molecule has 2 nitrogen and oxygen atoms in total. The van der Waals surface area contributed by atoms with E-state index < -0.39 is 6.36 Å². The Morgan fingerprint density at radius 2 is 1.79 bits per heavy atom. The molecule has 0 aliphatic rings. The molecule has 108 valence electrons. The van der Waals surface area contributed by atoms with Crippen LogP contribution in [0, 0.1) is 5.92 Å². The number of nitrogens with one attached hydrogen (secondary N) is 1. The van der Waals surface area contributed by atoms with Crippen molar-refractivity contribution < 1.29 is 17.9 Å². The Morgan fingerprint density at radius 1 is 1.21 bits per heavy atom. The zero-order valence-corrected chi connectivity index (χ0v) is 11.4. The number of ether oxygens (including phenoxy) is 1. The van der Waals surface area contributed by atoms with Crippen molar-refractivity contribution in [2.24, 2.45) is 5.92 Å². The number of alkyl halides is 3. The van der Waals surface area contributed by atoms with Gasteiger partial charge in [0.2, 0.25) is 0 Å². The molecule has 0 amide bonds. The maximum Gasteiger partial charge on any atom is 0.573 e. The standard InChI is InChI=1S/C14H20F3NO/c1-4-10(2)9-13(18-3)11-5-7-12(8-6-11)19-14(15,16)17/h5-8,10,13,18H,4,9H2,1-3H3. The van der Waals surface area contributed by atoms with Crippen molar-refractivity contribution in [3.8, 4) is 5.75 Å². The molecule has 2 atom stereocenters. The first-order valence-electron chi connectivity index (χ1n) is 6.38. The van der Waals surface area contributed by atoms with Gasteiger partial charge in [0, 0.05) is 6.04 Å². The lowest BCUT2D eigenvalue weighted by Gasteiger charge is -2.20. The van der Waals surface area contributed by atoms with Gasteiger partial charge in [-0.2, -0.15) is 0 Å². The van der Waals surface area contributed by atoms with Gasteiger partial charge in [0.25, 0.3) is 0 Å². The number of halogens is 3. The van der Waals surface area contributed by atoms with Crippen molar-refractivity contribution in [2.45, 2.75) is 39.1 Å². The van der Waals surface area contributed by atoms with Gasteiger partial charge >= 0.3 is 6.36 Å². The van der Waals surface area contributed by atoms with Crippen LogP contribution in [-0.4, -0.2) is 13.4 Å². The van der Waals surface area contributed by atoms with E-state index in [1.165, 1.54) is 12.1 Å². The molecule has 0 heterocycles. The highest BCUT2D eigenvalue weighted by atomic mass is 19.4. The van der Waals surface area contributed by atoms with Crippen molar-refractivity contribution in [1.29, 1.82) is 0 Å². The molecule has 0 aliphatic heterocycles. The van der Waals surface area contributed by atoms with Crippen molar-refractivity contribution in [2.75, 3.05) is 7.05 Å². The molecule has 0 radical (unpaired) electrons. The normalized spacial score (nSPS) is 15.1. The number of hydrogen-bond acceptors (Lipinski definition) is 2. The van der Waals surface area contributed by atoms with Gasteiger partial charge in [-0.1, -0.05) is 32.4 Å². The van der Waals surface area contributed by atoms with E-state index in [1.54, 1.807) is 12.1 Å². The molecule has 19 heavy (non-hydrogen) atoms. The van der Waals surface area contributed by atoms with Gasteiger partial charge in [-0.3, -0.25) is 0 Å². The van der Waals surface area contributed by atoms with Crippen LogP contribution in [0.2, 0.25) is 0 Å². The minimum absolute atomic E-state index is 0.148. The first-order valence-corrected chi connectivity index (χ1v) is 6.38. The predicted molar refractivity (Wildman–Crippen MR) is 69.0 cm³/mol. The molecule has 0 saturated heterocycles. The van der Waals surface area contributed by atoms with E-state index in [4.69, 9.17) is 0 Å². The van der Waals surface area contributed by atoms with E-state index in [0.29, 0.717) is 5.92 Å². The van der Waals surface area contributed by atoms with Crippen molar-refractivity contribution in [3.05, 3.63) is 29.8 Å². The second-order valence-electron chi connectivity index (χ2n) is 4.71. The van der Waals surface area contributed by atoms with Gasteiger partial charge in [-0.05, 0) is 37.1 Å². The molecular weight excluding hydrogens is 255 g/mol. The number of hydrogen-bond donors (Lipinski definition) is 1. The lowest BCUT2D eigenvalue weighted by Crippen LogP contribution is -2.19. The van der Waals surface area contributed by atoms with E-state index in [9.17, 15) is 13.2 Å². The molecule has 0 aromatic heterocycles. The molecule has 0 aliphatic carbocycles. The summed E-state index contributed by atoms with van der Waals surface area (Å²) in [6.07, 6.45) is -2.61. The lowest BCUT2D eigenvalue weighted by molar-refractivity contribution is -0.274. The molecule has 0 fully saturated rings. The third-order valence-corrected chi connectivity index (χ3v) is 3.20. The van der Waals surface area contributed by atoms with Crippen LogP contribution in [0.3, 0.4) is 0 Å². The summed E-state index contributed by atoms with van der Waals surface area (Å²) in [4.78, 5) is 0. The van der Waals surface area contributed by atoms with Gasteiger partial charge in [-0.15, -0.1) is 13.2 Å². The van der Waals surface area contributed by atoms with E-state index in [1.807, 2.05) is 7.05 Å². The summed E-state index contributed by atoms with van der Waals surface area (Å²) in [7, 11) is 1.85. The summed E-state index contributed by atoms with van der Waals surface area (Å²) in [6.45, 7) is 4.28. The van der Waals surface area contributed by atoms with Crippen LogP contribution in [0.4, 0.5) is 13.2 Å². The number of benzene rings is 1. The first kappa shape index (κ1) is 15.8. The minimum Gasteiger partial charge on any atom is -0.406 e. The summed E-state index contributed by atoms with van der Waals surface area (Å²) < 4.78 is 40.0. The van der Waals surface area contributed by atoms with Crippen LogP contribution in [-0.2, 0) is 0 Å². The average Bonchev–Trinajstić information content (AvgIpc) is 2.35. The fourth-order valence-corrected chi connectivity index (χ4v) is 1.89. The highest BCUT2D eigenvalue weighted by Crippen LogP contribution is 2.27. The molecule has 1 rings (SSSR count). The molecule has 1 N–H and O–H groups in total. The molecular formula is C14H20F3NO. The van der Waals surface area contributed by atoms with Crippen LogP contribution in [0.25, 0.3) is 0 Å². The third-order valence-electron chi connectivity index (χ3n) is 3.20. The highest BCUT2D eigenvalue weighted by Gasteiger charge is 2.31. The van der Waals surface area contributed by atoms with Gasteiger partial charge < -0.3 is 10.1 Å². The first-order chi connectivity index (χ1) is 8.85. The van der Waals surface area contributed by atoms with Gasteiger partial charge in [-0.25, -0.2) is 0 Å². The highest BCUT2D eigenvalue weighted by molar-refractivity contribution is 5.29. The molecule has 0 spiro atoms. The second-order valence-corrected chi connectivity index (χ2v) is 4.71. The van der Waals surface area contributed by atoms with Crippen LogP contribution in [0.5, 0.6) is 5.75 Å². The Bertz CT molecular complexity index is 375. The smallest absolute Gasteiger partial charge is 0.406 e. The summed E-state index contributed by atoms with van der Waals surface area (Å²) >= 11 is 0. The molecule has 0 saturated carbocycles. The van der Waals surface area contributed by atoms with Crippen molar-refractivity contribution in [1.82, 2.24) is 5.32 Å². The Kier molecular flexibility index (Phi) is 5.66. The van der Waals surface area contributed by atoms with E-state index in [2.05, 4.69) is 23.9 Å². The van der Waals surface area contributed by atoms with Gasteiger partial charge in [0.1, 0.15) is 5.75 Å². The maximum absolute atomic E-state index is 12.0. The van der Waals surface area contributed by atoms with Crippen molar-refractivity contribution >= 4 is 0 Å². The van der Waals surface area contributed by atoms with Crippen LogP contribution in [0.15, 0.2) is 24.3 Å². The summed E-state index contributed by atoms with van der Waals surface area (Å²) in [5.74, 6) is 0.373. The topological polar surface area (TPSA) is 21.3 Å². The second kappa shape index (κ2) is 6.80. The molecule has 2 unspecified atom stereocenters. The summed E-state index contributed by atoms with van der Waals surface area (Å²) in [5, 5.41) is 3.19. The lowest BCUT2D eigenvalue weighted by atomic mass is 9.94. The SMILES string of the molecule is CCC(C)CC(NC)c1ccc(OC(F)(F)F)cc1. The summed E-state index contributed by atoms with van der Waals surface area (Å²) in [5.41, 5.74) is 0.970. The summed E-state index contributed by atoms with van der Waals surface area (Å²) in [6, 6.07) is 6.19. The fraction of sp³-hybridized carbons (Fsp3) is 0.571. The Morgan fingerprint density at radius 3 is 2.21 bits per heavy atom. The molecule has 1 aromatic rings. The van der Waals surface area contributed by atoms with E-state index >= 15 is 0 Å². The predicted octanol–water partition coefficient (Wildman–Crippen LogP) is 4.28. The largest absolute Gasteiger partial charge is 0.573 e. The fourth-order valence-electron chi connectivity index (χ4n) is 1.89. The van der Waals surface area contributed by atoms with E-state index in [0.717, 1.165) is 18.4 Å². The zero-order chi connectivity index (χ0) is 14.5. The average molecular weight is 275 g/mol. The van der Waals surface area contributed by atoms with Crippen molar-refractivity contribution in [3.63, 3.8) is 0 Å². The van der Waals surface area contributed by atoms with E-state index in [-0.39, 0.29) is 11.8 Å². The zero-order valence-electron chi connectivity index (χ0n) is 11.4. The number of rotatable bonds is 6. The monoisotopic (exact) mass is 275 g/mol. The Balaban J connectivity index is 2.73. The van der Waals surface area contributed by atoms with Gasteiger partial charge in [0.05, 0.1) is 0 Å². The molecule has 1 aromatic carbocycles. The van der Waals surface area contributed by atoms with Gasteiger partial charge in [0.15, 0.2) is 0 Å². The maximum atomic E-state index is 12.0. The Labute approximate surface area is 112 Å². The Hall–Kier alpha value is -1.23. The van der Waals surface area contributed by atoms with Crippen LogP contribution >= 0.6 is 0 Å². The molecule has 0 bridgehead atoms. The minimum atomic E-state index is -4.64.